The molecule has 3 aromatic carbocycles. The topological polar surface area (TPSA) is 96.2 Å². The van der Waals surface area contributed by atoms with E-state index in [1.54, 1.807) is 30.3 Å². The van der Waals surface area contributed by atoms with Gasteiger partial charge in [-0.15, -0.1) is 0 Å². The molecule has 0 saturated heterocycles. The Morgan fingerprint density at radius 3 is 1.39 bits per heavy atom. The van der Waals surface area contributed by atoms with Crippen LogP contribution in [0.2, 0.25) is 0 Å². The molecule has 0 aliphatic rings. The monoisotopic (exact) mass is 472 g/mol. The van der Waals surface area contributed by atoms with Crippen molar-refractivity contribution in [1.82, 2.24) is 0 Å². The largest absolute Gasteiger partial charge is 0.478 e. The third kappa shape index (κ3) is 14.0. The smallest absolute Gasteiger partial charge is 0.335 e. The first-order valence-electron chi connectivity index (χ1n) is 10.8. The minimum atomic E-state index is -0.879. The van der Waals surface area contributed by atoms with E-state index < -0.39 is 5.97 Å². The molecule has 7 heteroatoms. The maximum absolute atomic E-state index is 10.2. The van der Waals surface area contributed by atoms with Crippen molar-refractivity contribution in [2.24, 2.45) is 0 Å². The Labute approximate surface area is 197 Å². The van der Waals surface area contributed by atoms with E-state index in [0.717, 1.165) is 24.3 Å². The van der Waals surface area contributed by atoms with Crippen LogP contribution in [0.15, 0.2) is 91.0 Å². The highest BCUT2D eigenvalue weighted by Gasteiger charge is 2.06. The lowest BCUT2D eigenvalue weighted by Gasteiger charge is -2.11. The quantitative estimate of drug-likeness (QED) is 0.333. The van der Waals surface area contributed by atoms with Crippen LogP contribution >= 0.6 is 9.03 Å². The van der Waals surface area contributed by atoms with Crippen LogP contribution in [0.4, 0.5) is 0 Å². The van der Waals surface area contributed by atoms with E-state index in [0.29, 0.717) is 12.0 Å². The summed E-state index contributed by atoms with van der Waals surface area (Å²) in [5.41, 5.74) is 0.331. The molecule has 3 aromatic rings. The van der Waals surface area contributed by atoms with Gasteiger partial charge in [0.05, 0.1) is 17.8 Å². The Balaban J connectivity index is 0.000000264. The number of hydrogen-bond donors (Lipinski definition) is 3. The summed E-state index contributed by atoms with van der Waals surface area (Å²) >= 11 is 0. The van der Waals surface area contributed by atoms with Crippen molar-refractivity contribution in [3.8, 4) is 11.5 Å². The Hall–Kier alpha value is -2.92. The van der Waals surface area contributed by atoms with Gasteiger partial charge in [0, 0.05) is 0 Å². The highest BCUT2D eigenvalue weighted by atomic mass is 31.1. The normalized spacial score (nSPS) is 11.5. The van der Waals surface area contributed by atoms with Gasteiger partial charge in [-0.2, -0.15) is 0 Å². The van der Waals surface area contributed by atoms with E-state index >= 15 is 0 Å². The molecule has 178 valence electrons. The summed E-state index contributed by atoms with van der Waals surface area (Å²) in [4.78, 5) is 10.2. The molecular formula is C26H33O6P. The third-order valence-electron chi connectivity index (χ3n) is 4.31. The SMILES string of the molecule is CCC(O)CC(O)CC.O=C(O)c1ccccc1.c1ccc(OPOc2ccccc2)cc1. The molecule has 0 bridgehead atoms. The van der Waals surface area contributed by atoms with Crippen molar-refractivity contribution in [3.63, 3.8) is 0 Å². The van der Waals surface area contributed by atoms with Crippen LogP contribution < -0.4 is 9.05 Å². The highest BCUT2D eigenvalue weighted by Crippen LogP contribution is 2.23. The first kappa shape index (κ1) is 28.1. The molecule has 0 aromatic heterocycles. The first-order chi connectivity index (χ1) is 16.0. The van der Waals surface area contributed by atoms with Gasteiger partial charge in [0.2, 0.25) is 0 Å². The summed E-state index contributed by atoms with van der Waals surface area (Å²) < 4.78 is 10.8. The number of benzene rings is 3. The van der Waals surface area contributed by atoms with Crippen molar-refractivity contribution >= 4 is 15.0 Å². The van der Waals surface area contributed by atoms with Gasteiger partial charge in [-0.25, -0.2) is 4.79 Å². The van der Waals surface area contributed by atoms with E-state index in [-0.39, 0.29) is 21.2 Å². The average molecular weight is 473 g/mol. The lowest BCUT2D eigenvalue weighted by Crippen LogP contribution is -2.15. The number of rotatable bonds is 9. The lowest BCUT2D eigenvalue weighted by atomic mass is 10.1. The average Bonchev–Trinajstić information content (AvgIpc) is 2.86. The molecule has 0 amide bonds. The van der Waals surface area contributed by atoms with Crippen molar-refractivity contribution in [2.75, 3.05) is 0 Å². The number of carboxylic acid groups (broad SMARTS) is 1. The van der Waals surface area contributed by atoms with E-state index in [2.05, 4.69) is 0 Å². The van der Waals surface area contributed by atoms with Crippen LogP contribution in [-0.2, 0) is 0 Å². The van der Waals surface area contributed by atoms with Gasteiger partial charge in [-0.3, -0.25) is 0 Å². The molecule has 2 atom stereocenters. The number of carbonyl (C=O) groups is 1. The summed E-state index contributed by atoms with van der Waals surface area (Å²) in [6.45, 7) is 3.82. The molecule has 0 fully saturated rings. The van der Waals surface area contributed by atoms with Gasteiger partial charge in [-0.05, 0) is 55.7 Å². The molecule has 3 rings (SSSR count). The summed E-state index contributed by atoms with van der Waals surface area (Å²) in [5.74, 6) is 0.772. The van der Waals surface area contributed by atoms with Gasteiger partial charge in [0.15, 0.2) is 0 Å². The molecule has 0 radical (unpaired) electrons. The number of hydrogen-bond acceptors (Lipinski definition) is 5. The second kappa shape index (κ2) is 17.6. The molecular weight excluding hydrogens is 439 g/mol. The Bertz CT molecular complexity index is 814. The Morgan fingerprint density at radius 1 is 0.727 bits per heavy atom. The fraction of sp³-hybridized carbons (Fsp3) is 0.269. The van der Waals surface area contributed by atoms with Crippen LogP contribution in [0.3, 0.4) is 0 Å². The van der Waals surface area contributed by atoms with Crippen molar-refractivity contribution in [1.29, 1.82) is 0 Å². The number of aliphatic hydroxyl groups is 2. The maximum Gasteiger partial charge on any atom is 0.335 e. The molecule has 3 N–H and O–H groups in total. The minimum absolute atomic E-state index is 0.0129. The molecule has 0 heterocycles. The summed E-state index contributed by atoms with van der Waals surface area (Å²) in [6.07, 6.45) is 1.35. The Morgan fingerprint density at radius 2 is 1.09 bits per heavy atom. The predicted octanol–water partition coefficient (Wildman–Crippen LogP) is 5.96. The Kier molecular flexibility index (Phi) is 15.0. The summed E-state index contributed by atoms with van der Waals surface area (Å²) in [5, 5.41) is 26.4. The lowest BCUT2D eigenvalue weighted by molar-refractivity contribution is 0.0696. The summed E-state index contributed by atoms with van der Waals surface area (Å²) in [7, 11) is -0.0129. The molecule has 0 spiro atoms. The van der Waals surface area contributed by atoms with Crippen molar-refractivity contribution in [3.05, 3.63) is 96.6 Å². The summed E-state index contributed by atoms with van der Waals surface area (Å²) in [6, 6.07) is 27.5. The van der Waals surface area contributed by atoms with E-state index in [9.17, 15) is 4.79 Å². The fourth-order valence-electron chi connectivity index (χ4n) is 2.32. The fourth-order valence-corrected chi connectivity index (χ4v) is 2.83. The maximum atomic E-state index is 10.2. The van der Waals surface area contributed by atoms with Crippen LogP contribution in [0.25, 0.3) is 0 Å². The van der Waals surface area contributed by atoms with Crippen LogP contribution in [-0.4, -0.2) is 33.5 Å². The molecule has 33 heavy (non-hydrogen) atoms. The second-order valence-corrected chi connectivity index (χ2v) is 7.52. The van der Waals surface area contributed by atoms with E-state index in [1.807, 2.05) is 74.5 Å². The van der Waals surface area contributed by atoms with Gasteiger partial charge >= 0.3 is 5.97 Å². The number of aromatic carboxylic acids is 1. The minimum Gasteiger partial charge on any atom is -0.478 e. The second-order valence-electron chi connectivity index (χ2n) is 6.94. The van der Waals surface area contributed by atoms with Crippen LogP contribution in [0.1, 0.15) is 43.5 Å². The zero-order chi connectivity index (χ0) is 24.3. The van der Waals surface area contributed by atoms with Gasteiger partial charge in [-0.1, -0.05) is 68.4 Å². The van der Waals surface area contributed by atoms with Gasteiger partial charge in [0.1, 0.15) is 11.5 Å². The molecule has 2 unspecified atom stereocenters. The highest BCUT2D eigenvalue weighted by molar-refractivity contribution is 7.27. The zero-order valence-electron chi connectivity index (χ0n) is 19.0. The number of carboxylic acids is 1. The van der Waals surface area contributed by atoms with Crippen LogP contribution in [0, 0.1) is 0 Å². The van der Waals surface area contributed by atoms with E-state index in [4.69, 9.17) is 24.4 Å². The third-order valence-corrected chi connectivity index (χ3v) is 4.95. The number of para-hydroxylation sites is 2. The van der Waals surface area contributed by atoms with Crippen molar-refractivity contribution < 1.29 is 29.2 Å². The molecule has 0 aliphatic carbocycles. The molecule has 6 nitrogen and oxygen atoms in total. The van der Waals surface area contributed by atoms with Crippen LogP contribution in [0.5, 0.6) is 11.5 Å². The molecule has 0 aliphatic heterocycles. The number of aliphatic hydroxyl groups excluding tert-OH is 2. The van der Waals surface area contributed by atoms with E-state index in [1.165, 1.54) is 0 Å². The zero-order valence-corrected chi connectivity index (χ0v) is 20.0. The first-order valence-corrected chi connectivity index (χ1v) is 11.6. The van der Waals surface area contributed by atoms with Crippen molar-refractivity contribution in [2.45, 2.75) is 45.3 Å². The van der Waals surface area contributed by atoms with Gasteiger partial charge < -0.3 is 24.4 Å². The predicted molar refractivity (Wildman–Crippen MR) is 133 cm³/mol. The standard InChI is InChI=1S/C12H11O2P.C7H6O2.C7H16O2/c1-3-7-11(8-4-1)13-15-14-12-9-5-2-6-10-12;8-7(9)6-4-2-1-3-5-6;1-3-6(8)5-7(9)4-2/h1-10,15H;1-5H,(H,8,9);6-9H,3-5H2,1-2H3. The molecule has 0 saturated carbocycles. The van der Waals surface area contributed by atoms with Gasteiger partial charge in [0.25, 0.3) is 9.03 Å².